The van der Waals surface area contributed by atoms with Crippen molar-refractivity contribution in [1.82, 2.24) is 4.98 Å². The topological polar surface area (TPSA) is 77.2 Å². The molecule has 5 heteroatoms. The van der Waals surface area contributed by atoms with Crippen LogP contribution in [0.15, 0.2) is 12.1 Å². The van der Waals surface area contributed by atoms with E-state index < -0.39 is 5.97 Å². The zero-order valence-electron chi connectivity index (χ0n) is 13.1. The molecule has 1 saturated carbocycles. The lowest BCUT2D eigenvalue weighted by atomic mass is 9.78. The van der Waals surface area contributed by atoms with Crippen LogP contribution in [0, 0.1) is 11.8 Å². The van der Waals surface area contributed by atoms with Crippen LogP contribution in [0.2, 0.25) is 0 Å². The van der Waals surface area contributed by atoms with Gasteiger partial charge in [0.25, 0.3) is 0 Å². The van der Waals surface area contributed by atoms with Crippen LogP contribution in [0.1, 0.15) is 50.0 Å². The van der Waals surface area contributed by atoms with Crippen molar-refractivity contribution in [3.63, 3.8) is 0 Å². The fourth-order valence-corrected chi connectivity index (χ4v) is 3.12. The Bertz CT molecular complexity index is 502. The molecule has 0 radical (unpaired) electrons. The van der Waals surface area contributed by atoms with Gasteiger partial charge < -0.3 is 15.8 Å². The number of pyridine rings is 1. The van der Waals surface area contributed by atoms with Gasteiger partial charge in [-0.3, -0.25) is 0 Å². The highest BCUT2D eigenvalue weighted by Crippen LogP contribution is 2.33. The first-order chi connectivity index (χ1) is 10.0. The van der Waals surface area contributed by atoms with Crippen molar-refractivity contribution in [2.75, 3.05) is 18.2 Å². The van der Waals surface area contributed by atoms with Gasteiger partial charge in [0.15, 0.2) is 5.69 Å². The Labute approximate surface area is 126 Å². The summed E-state index contributed by atoms with van der Waals surface area (Å²) in [6.45, 7) is 4.51. The zero-order chi connectivity index (χ0) is 15.4. The summed E-state index contributed by atoms with van der Waals surface area (Å²) < 4.78 is 4.71. The van der Waals surface area contributed by atoms with Gasteiger partial charge in [-0.25, -0.2) is 9.78 Å². The van der Waals surface area contributed by atoms with Gasteiger partial charge in [0.05, 0.1) is 12.8 Å². The minimum Gasteiger partial charge on any atom is -0.464 e. The molecule has 1 aromatic heterocycles. The predicted octanol–water partition coefficient (Wildman–Crippen LogP) is 3.08. The molecule has 1 aromatic rings. The molecule has 0 amide bonds. The number of nitrogens with two attached hydrogens (primary N) is 1. The van der Waals surface area contributed by atoms with E-state index in [2.05, 4.69) is 24.1 Å². The second-order valence-electron chi connectivity index (χ2n) is 6.07. The van der Waals surface area contributed by atoms with Crippen LogP contribution in [-0.2, 0) is 4.74 Å². The number of methoxy groups -OCH3 is 1. The number of carbonyl (C=O) groups is 1. The molecule has 0 aromatic carbocycles. The Morgan fingerprint density at radius 1 is 1.38 bits per heavy atom. The summed E-state index contributed by atoms with van der Waals surface area (Å²) >= 11 is 0. The van der Waals surface area contributed by atoms with Gasteiger partial charge in [-0.15, -0.1) is 0 Å². The van der Waals surface area contributed by atoms with Gasteiger partial charge in [-0.05, 0) is 36.8 Å². The zero-order valence-corrected chi connectivity index (χ0v) is 13.1. The third-order valence-electron chi connectivity index (χ3n) is 4.32. The first kappa shape index (κ1) is 15.6. The number of carbonyl (C=O) groups excluding carboxylic acids is 1. The van der Waals surface area contributed by atoms with E-state index in [0.29, 0.717) is 29.4 Å². The quantitative estimate of drug-likeness (QED) is 0.834. The Morgan fingerprint density at radius 2 is 2.10 bits per heavy atom. The Morgan fingerprint density at radius 3 is 2.76 bits per heavy atom. The van der Waals surface area contributed by atoms with E-state index in [1.54, 1.807) is 12.1 Å². The molecule has 0 saturated heterocycles. The molecule has 0 bridgehead atoms. The minimum atomic E-state index is -0.442. The number of esters is 1. The van der Waals surface area contributed by atoms with Gasteiger partial charge in [0.1, 0.15) is 5.82 Å². The van der Waals surface area contributed by atoms with Crippen molar-refractivity contribution in [2.24, 2.45) is 11.8 Å². The molecule has 1 aliphatic carbocycles. The Hall–Kier alpha value is -1.78. The third kappa shape index (κ3) is 3.65. The maximum absolute atomic E-state index is 11.6. The van der Waals surface area contributed by atoms with Crippen LogP contribution < -0.4 is 11.1 Å². The molecular formula is C16H25N3O2. The first-order valence-corrected chi connectivity index (χ1v) is 7.64. The molecular weight excluding hydrogens is 266 g/mol. The van der Waals surface area contributed by atoms with Crippen molar-refractivity contribution >= 4 is 17.5 Å². The number of aromatic nitrogens is 1. The maximum atomic E-state index is 11.6. The lowest BCUT2D eigenvalue weighted by Crippen LogP contribution is -2.35. The molecule has 116 valence electrons. The van der Waals surface area contributed by atoms with Crippen LogP contribution in [0.3, 0.4) is 0 Å². The predicted molar refractivity (Wildman–Crippen MR) is 84.2 cm³/mol. The summed E-state index contributed by atoms with van der Waals surface area (Å²) in [5.41, 5.74) is 6.84. The van der Waals surface area contributed by atoms with E-state index in [0.717, 1.165) is 6.42 Å². The van der Waals surface area contributed by atoms with Crippen molar-refractivity contribution in [1.29, 1.82) is 0 Å². The normalized spacial score (nSPS) is 22.1. The molecule has 1 aliphatic rings. The van der Waals surface area contributed by atoms with Crippen LogP contribution in [0.25, 0.3) is 0 Å². The van der Waals surface area contributed by atoms with Crippen molar-refractivity contribution in [3.8, 4) is 0 Å². The van der Waals surface area contributed by atoms with E-state index in [1.165, 1.54) is 26.4 Å². The number of nitrogens with zero attached hydrogens (tertiary/aromatic N) is 1. The molecule has 3 N–H and O–H groups in total. The number of rotatable bonds is 4. The van der Waals surface area contributed by atoms with Gasteiger partial charge in [-0.2, -0.15) is 0 Å². The van der Waals surface area contributed by atoms with Crippen molar-refractivity contribution in [3.05, 3.63) is 17.8 Å². The SMILES string of the molecule is COC(=O)c1ccc(N)c(NC2CCCCC2C(C)C)n1. The van der Waals surface area contributed by atoms with Crippen molar-refractivity contribution < 1.29 is 9.53 Å². The number of ether oxygens (including phenoxy) is 1. The average Bonchev–Trinajstić information content (AvgIpc) is 2.49. The van der Waals surface area contributed by atoms with Gasteiger partial charge in [-0.1, -0.05) is 26.7 Å². The smallest absolute Gasteiger partial charge is 0.356 e. The van der Waals surface area contributed by atoms with E-state index in [9.17, 15) is 4.79 Å². The number of nitrogens with one attached hydrogen (secondary N) is 1. The third-order valence-corrected chi connectivity index (χ3v) is 4.32. The number of hydrogen-bond acceptors (Lipinski definition) is 5. The second-order valence-corrected chi connectivity index (χ2v) is 6.07. The molecule has 0 aliphatic heterocycles. The van der Waals surface area contributed by atoms with Crippen LogP contribution >= 0.6 is 0 Å². The second kappa shape index (κ2) is 6.78. The summed E-state index contributed by atoms with van der Waals surface area (Å²) in [6.07, 6.45) is 4.85. The van der Waals surface area contributed by atoms with E-state index >= 15 is 0 Å². The Balaban J connectivity index is 2.19. The number of anilines is 2. The van der Waals surface area contributed by atoms with Crippen LogP contribution in [0.4, 0.5) is 11.5 Å². The first-order valence-electron chi connectivity index (χ1n) is 7.64. The summed E-state index contributed by atoms with van der Waals surface area (Å²) in [5.74, 6) is 1.38. The molecule has 2 unspecified atom stereocenters. The fraction of sp³-hybridized carbons (Fsp3) is 0.625. The maximum Gasteiger partial charge on any atom is 0.356 e. The standard InChI is InChI=1S/C16H25N3O2/c1-10(2)11-6-4-5-7-13(11)18-15-12(17)8-9-14(19-15)16(20)21-3/h8-11,13H,4-7,17H2,1-3H3,(H,18,19). The fourth-order valence-electron chi connectivity index (χ4n) is 3.12. The lowest BCUT2D eigenvalue weighted by molar-refractivity contribution is 0.0594. The summed E-state index contributed by atoms with van der Waals surface area (Å²) in [4.78, 5) is 15.9. The summed E-state index contributed by atoms with van der Waals surface area (Å²) in [5, 5.41) is 3.46. The highest BCUT2D eigenvalue weighted by Gasteiger charge is 2.28. The molecule has 5 nitrogen and oxygen atoms in total. The minimum absolute atomic E-state index is 0.283. The molecule has 1 fully saturated rings. The van der Waals surface area contributed by atoms with Crippen LogP contribution in [0.5, 0.6) is 0 Å². The lowest BCUT2D eigenvalue weighted by Gasteiger charge is -2.35. The summed E-state index contributed by atoms with van der Waals surface area (Å²) in [7, 11) is 1.35. The largest absolute Gasteiger partial charge is 0.464 e. The summed E-state index contributed by atoms with van der Waals surface area (Å²) in [6, 6.07) is 3.66. The molecule has 21 heavy (non-hydrogen) atoms. The Kier molecular flexibility index (Phi) is 5.04. The van der Waals surface area contributed by atoms with E-state index in [4.69, 9.17) is 10.5 Å². The van der Waals surface area contributed by atoms with Gasteiger partial charge >= 0.3 is 5.97 Å². The number of nitrogen functional groups attached to an aromatic ring is 1. The highest BCUT2D eigenvalue weighted by atomic mass is 16.5. The molecule has 1 heterocycles. The van der Waals surface area contributed by atoms with Gasteiger partial charge in [0.2, 0.25) is 0 Å². The molecule has 0 spiro atoms. The number of hydrogen-bond donors (Lipinski definition) is 2. The van der Waals surface area contributed by atoms with Crippen LogP contribution in [-0.4, -0.2) is 24.1 Å². The molecule has 2 rings (SSSR count). The monoisotopic (exact) mass is 291 g/mol. The van der Waals surface area contributed by atoms with E-state index in [1.807, 2.05) is 0 Å². The highest BCUT2D eigenvalue weighted by molar-refractivity contribution is 5.88. The van der Waals surface area contributed by atoms with Crippen molar-refractivity contribution in [2.45, 2.75) is 45.6 Å². The molecule has 2 atom stereocenters. The van der Waals surface area contributed by atoms with E-state index in [-0.39, 0.29) is 5.69 Å². The average molecular weight is 291 g/mol. The van der Waals surface area contributed by atoms with Gasteiger partial charge in [0, 0.05) is 6.04 Å².